The molecule has 0 spiro atoms. The molecule has 3 aliphatic rings. The van der Waals surface area contributed by atoms with Gasteiger partial charge in [-0.15, -0.1) is 0 Å². The first-order chi connectivity index (χ1) is 14.2. The van der Waals surface area contributed by atoms with Gasteiger partial charge in [-0.2, -0.15) is 0 Å². The van der Waals surface area contributed by atoms with Gasteiger partial charge in [-0.3, -0.25) is 14.5 Å². The fraction of sp³-hybridized carbons (Fsp3) is 0.667. The Kier molecular flexibility index (Phi) is 6.86. The van der Waals surface area contributed by atoms with E-state index >= 15 is 0 Å². The number of likely N-dealkylation sites (tertiary alicyclic amines) is 1. The SMILES string of the molecule is O=C(CC1CCCCC1)N1CCCN([C@H]2CCN(Cc3ccccc3)C2=O)CC1. The van der Waals surface area contributed by atoms with Crippen LogP contribution in [0.5, 0.6) is 0 Å². The van der Waals surface area contributed by atoms with Gasteiger partial charge in [-0.25, -0.2) is 0 Å². The summed E-state index contributed by atoms with van der Waals surface area (Å²) < 4.78 is 0. The van der Waals surface area contributed by atoms with Crippen molar-refractivity contribution in [1.82, 2.24) is 14.7 Å². The van der Waals surface area contributed by atoms with Crippen LogP contribution in [-0.2, 0) is 16.1 Å². The summed E-state index contributed by atoms with van der Waals surface area (Å²) in [6, 6.07) is 10.2. The molecular formula is C24H35N3O2. The molecule has 2 saturated heterocycles. The smallest absolute Gasteiger partial charge is 0.240 e. The largest absolute Gasteiger partial charge is 0.341 e. The van der Waals surface area contributed by atoms with Crippen LogP contribution in [0.2, 0.25) is 0 Å². The molecule has 0 bridgehead atoms. The quantitative estimate of drug-likeness (QED) is 0.766. The maximum Gasteiger partial charge on any atom is 0.240 e. The fourth-order valence-electron chi connectivity index (χ4n) is 5.29. The summed E-state index contributed by atoms with van der Waals surface area (Å²) in [7, 11) is 0. The molecule has 3 fully saturated rings. The van der Waals surface area contributed by atoms with Crippen molar-refractivity contribution in [2.24, 2.45) is 5.92 Å². The van der Waals surface area contributed by atoms with Crippen molar-refractivity contribution in [2.75, 3.05) is 32.7 Å². The predicted octanol–water partition coefficient (Wildman–Crippen LogP) is 3.29. The predicted molar refractivity (Wildman–Crippen MR) is 114 cm³/mol. The Morgan fingerprint density at radius 2 is 1.66 bits per heavy atom. The minimum atomic E-state index is -0.00731. The molecule has 2 heterocycles. The highest BCUT2D eigenvalue weighted by atomic mass is 16.2. The summed E-state index contributed by atoms with van der Waals surface area (Å²) in [6.07, 6.45) is 8.96. The number of carbonyl (C=O) groups excluding carboxylic acids is 2. The van der Waals surface area contributed by atoms with E-state index in [0.29, 0.717) is 18.4 Å². The summed E-state index contributed by atoms with van der Waals surface area (Å²) in [4.78, 5) is 32.2. The Bertz CT molecular complexity index is 687. The fourth-order valence-corrected chi connectivity index (χ4v) is 5.29. The van der Waals surface area contributed by atoms with Gasteiger partial charge in [0.2, 0.25) is 11.8 Å². The highest BCUT2D eigenvalue weighted by Gasteiger charge is 2.36. The third-order valence-electron chi connectivity index (χ3n) is 7.00. The first kappa shape index (κ1) is 20.4. The van der Waals surface area contributed by atoms with Gasteiger partial charge in [-0.1, -0.05) is 49.6 Å². The molecule has 4 rings (SSSR count). The van der Waals surface area contributed by atoms with Gasteiger partial charge in [0, 0.05) is 45.7 Å². The van der Waals surface area contributed by atoms with Crippen LogP contribution in [-0.4, -0.2) is 65.3 Å². The molecule has 29 heavy (non-hydrogen) atoms. The molecular weight excluding hydrogens is 362 g/mol. The molecule has 5 nitrogen and oxygen atoms in total. The van der Waals surface area contributed by atoms with E-state index in [1.165, 1.54) is 37.7 Å². The standard InChI is InChI=1S/C24H35N3O2/c28-23(18-20-8-3-1-4-9-20)26-14-7-13-25(16-17-26)22-12-15-27(24(22)29)19-21-10-5-2-6-11-21/h2,5-6,10-11,20,22H,1,3-4,7-9,12-19H2/t22-/m0/s1. The third kappa shape index (κ3) is 5.19. The highest BCUT2D eigenvalue weighted by Crippen LogP contribution is 2.27. The Hall–Kier alpha value is -1.88. The first-order valence-corrected chi connectivity index (χ1v) is 11.6. The second-order valence-corrected chi connectivity index (χ2v) is 9.03. The lowest BCUT2D eigenvalue weighted by molar-refractivity contribution is -0.132. The first-order valence-electron chi connectivity index (χ1n) is 11.6. The van der Waals surface area contributed by atoms with Crippen molar-refractivity contribution in [3.63, 3.8) is 0 Å². The van der Waals surface area contributed by atoms with E-state index in [0.717, 1.165) is 52.0 Å². The van der Waals surface area contributed by atoms with Gasteiger partial charge >= 0.3 is 0 Å². The van der Waals surface area contributed by atoms with E-state index in [1.807, 2.05) is 23.1 Å². The number of rotatable bonds is 5. The van der Waals surface area contributed by atoms with Gasteiger partial charge in [0.15, 0.2) is 0 Å². The van der Waals surface area contributed by atoms with Crippen LogP contribution in [0.25, 0.3) is 0 Å². The molecule has 1 aromatic carbocycles. The Morgan fingerprint density at radius 3 is 2.45 bits per heavy atom. The highest BCUT2D eigenvalue weighted by molar-refractivity contribution is 5.84. The molecule has 5 heteroatoms. The van der Waals surface area contributed by atoms with E-state index in [2.05, 4.69) is 21.9 Å². The topological polar surface area (TPSA) is 43.9 Å². The molecule has 2 aliphatic heterocycles. The number of carbonyl (C=O) groups is 2. The van der Waals surface area contributed by atoms with E-state index in [1.54, 1.807) is 0 Å². The number of hydrogen-bond donors (Lipinski definition) is 0. The van der Waals surface area contributed by atoms with Crippen molar-refractivity contribution in [3.8, 4) is 0 Å². The lowest BCUT2D eigenvalue weighted by atomic mass is 9.86. The van der Waals surface area contributed by atoms with Crippen molar-refractivity contribution >= 4 is 11.8 Å². The molecule has 0 radical (unpaired) electrons. The van der Waals surface area contributed by atoms with Gasteiger partial charge in [0.25, 0.3) is 0 Å². The van der Waals surface area contributed by atoms with E-state index in [-0.39, 0.29) is 11.9 Å². The number of amides is 2. The zero-order valence-electron chi connectivity index (χ0n) is 17.6. The van der Waals surface area contributed by atoms with Crippen LogP contribution in [0.3, 0.4) is 0 Å². The van der Waals surface area contributed by atoms with Crippen molar-refractivity contribution < 1.29 is 9.59 Å². The molecule has 1 saturated carbocycles. The summed E-state index contributed by atoms with van der Waals surface area (Å²) in [6.45, 7) is 4.90. The molecule has 1 aliphatic carbocycles. The summed E-state index contributed by atoms with van der Waals surface area (Å²) >= 11 is 0. The van der Waals surface area contributed by atoms with Crippen LogP contribution < -0.4 is 0 Å². The van der Waals surface area contributed by atoms with E-state index in [4.69, 9.17) is 0 Å². The monoisotopic (exact) mass is 397 g/mol. The lowest BCUT2D eigenvalue weighted by Crippen LogP contribution is -2.44. The second-order valence-electron chi connectivity index (χ2n) is 9.03. The van der Waals surface area contributed by atoms with E-state index in [9.17, 15) is 9.59 Å². The second kappa shape index (κ2) is 9.75. The van der Waals surface area contributed by atoms with Crippen molar-refractivity contribution in [2.45, 2.75) is 64.0 Å². The van der Waals surface area contributed by atoms with Crippen LogP contribution in [0.4, 0.5) is 0 Å². The van der Waals surface area contributed by atoms with Crippen LogP contribution >= 0.6 is 0 Å². The molecule has 0 N–H and O–H groups in total. The lowest BCUT2D eigenvalue weighted by Gasteiger charge is -2.28. The zero-order valence-corrected chi connectivity index (χ0v) is 17.6. The summed E-state index contributed by atoms with van der Waals surface area (Å²) in [5, 5.41) is 0. The van der Waals surface area contributed by atoms with Crippen LogP contribution in [0.15, 0.2) is 30.3 Å². The van der Waals surface area contributed by atoms with Gasteiger partial charge in [-0.05, 0) is 37.2 Å². The number of nitrogens with zero attached hydrogens (tertiary/aromatic N) is 3. The average molecular weight is 398 g/mol. The normalized spacial score (nSPS) is 24.7. The Morgan fingerprint density at radius 1 is 0.862 bits per heavy atom. The maximum atomic E-state index is 13.0. The number of benzene rings is 1. The van der Waals surface area contributed by atoms with Gasteiger partial charge in [0.1, 0.15) is 0 Å². The minimum absolute atomic E-state index is 0.00731. The van der Waals surface area contributed by atoms with Crippen LogP contribution in [0.1, 0.15) is 56.9 Å². The average Bonchev–Trinajstić information content (AvgIpc) is 2.95. The minimum Gasteiger partial charge on any atom is -0.341 e. The Balaban J connectivity index is 1.28. The summed E-state index contributed by atoms with van der Waals surface area (Å²) in [5.41, 5.74) is 1.19. The van der Waals surface area contributed by atoms with Crippen molar-refractivity contribution in [3.05, 3.63) is 35.9 Å². The van der Waals surface area contributed by atoms with Crippen LogP contribution in [0, 0.1) is 5.92 Å². The molecule has 2 amide bonds. The molecule has 0 aromatic heterocycles. The number of hydrogen-bond acceptors (Lipinski definition) is 3. The molecule has 1 atom stereocenters. The zero-order chi connectivity index (χ0) is 20.1. The maximum absolute atomic E-state index is 13.0. The molecule has 0 unspecified atom stereocenters. The summed E-state index contributed by atoms with van der Waals surface area (Å²) in [5.74, 6) is 1.19. The van der Waals surface area contributed by atoms with Gasteiger partial charge in [0.05, 0.1) is 6.04 Å². The van der Waals surface area contributed by atoms with E-state index < -0.39 is 0 Å². The molecule has 1 aromatic rings. The molecule has 158 valence electrons. The van der Waals surface area contributed by atoms with Crippen molar-refractivity contribution in [1.29, 1.82) is 0 Å². The Labute approximate surface area is 175 Å². The van der Waals surface area contributed by atoms with Gasteiger partial charge < -0.3 is 9.80 Å². The third-order valence-corrected chi connectivity index (χ3v) is 7.00.